The highest BCUT2D eigenvalue weighted by atomic mass is 35.5. The average molecular weight is 357 g/mol. The van der Waals surface area contributed by atoms with E-state index in [1.54, 1.807) is 0 Å². The van der Waals surface area contributed by atoms with Crippen molar-refractivity contribution in [1.29, 1.82) is 0 Å². The maximum absolute atomic E-state index is 13.5. The largest absolute Gasteiger partial charge is 0.483 e. The number of primary amides is 1. The minimum atomic E-state index is -0.724. The van der Waals surface area contributed by atoms with Crippen LogP contribution in [0.3, 0.4) is 0 Å². The lowest BCUT2D eigenvalue weighted by molar-refractivity contribution is -0.118. The molecule has 0 aliphatic heterocycles. The number of halogens is 3. The first-order valence-electron chi connectivity index (χ1n) is 6.34. The molecule has 0 heterocycles. The third kappa shape index (κ3) is 4.58. The molecule has 0 saturated carbocycles. The van der Waals surface area contributed by atoms with Crippen LogP contribution in [0.5, 0.6) is 5.75 Å². The quantitative estimate of drug-likeness (QED) is 0.862. The van der Waals surface area contributed by atoms with Gasteiger partial charge in [0.05, 0.1) is 11.3 Å². The number of anilines is 1. The molecule has 0 aliphatic rings. The van der Waals surface area contributed by atoms with Crippen LogP contribution >= 0.6 is 23.2 Å². The smallest absolute Gasteiger partial charge is 0.262 e. The fraction of sp³-hybridized carbons (Fsp3) is 0.0667. The Bertz CT molecular complexity index is 768. The molecule has 23 heavy (non-hydrogen) atoms. The van der Waals surface area contributed by atoms with Crippen molar-refractivity contribution >= 4 is 40.7 Å². The molecular weight excluding hydrogens is 346 g/mol. The zero-order chi connectivity index (χ0) is 17.0. The summed E-state index contributed by atoms with van der Waals surface area (Å²) in [5, 5.41) is 2.90. The molecule has 0 spiro atoms. The first-order valence-corrected chi connectivity index (χ1v) is 7.09. The van der Waals surface area contributed by atoms with Gasteiger partial charge in [-0.05, 0) is 36.4 Å². The van der Waals surface area contributed by atoms with Gasteiger partial charge in [-0.2, -0.15) is 0 Å². The van der Waals surface area contributed by atoms with Crippen molar-refractivity contribution in [1.82, 2.24) is 0 Å². The second-order valence-electron chi connectivity index (χ2n) is 4.47. The zero-order valence-corrected chi connectivity index (χ0v) is 13.1. The van der Waals surface area contributed by atoms with E-state index in [0.29, 0.717) is 5.02 Å². The number of hydrogen-bond donors (Lipinski definition) is 2. The summed E-state index contributed by atoms with van der Waals surface area (Å²) < 4.78 is 18.8. The van der Waals surface area contributed by atoms with Gasteiger partial charge in [-0.3, -0.25) is 9.59 Å². The van der Waals surface area contributed by atoms with Crippen molar-refractivity contribution < 1.29 is 18.7 Å². The molecule has 3 N–H and O–H groups in total. The number of hydrogen-bond acceptors (Lipinski definition) is 3. The van der Waals surface area contributed by atoms with E-state index in [1.165, 1.54) is 30.3 Å². The van der Waals surface area contributed by atoms with E-state index in [4.69, 9.17) is 33.7 Å². The van der Waals surface area contributed by atoms with Crippen LogP contribution < -0.4 is 15.8 Å². The van der Waals surface area contributed by atoms with Crippen LogP contribution in [0.15, 0.2) is 36.4 Å². The Balaban J connectivity index is 2.06. The van der Waals surface area contributed by atoms with Crippen LogP contribution in [0, 0.1) is 5.82 Å². The van der Waals surface area contributed by atoms with Gasteiger partial charge in [-0.25, -0.2) is 4.39 Å². The maximum atomic E-state index is 13.5. The van der Waals surface area contributed by atoms with Crippen LogP contribution in [0.25, 0.3) is 0 Å². The highest BCUT2D eigenvalue weighted by Gasteiger charge is 2.13. The van der Waals surface area contributed by atoms with E-state index >= 15 is 0 Å². The Hall–Kier alpha value is -2.31. The first kappa shape index (κ1) is 17.1. The Labute approximate surface area is 141 Å². The number of carbonyl (C=O) groups excluding carboxylic acids is 2. The summed E-state index contributed by atoms with van der Waals surface area (Å²) in [5.74, 6) is -1.94. The van der Waals surface area contributed by atoms with E-state index in [0.717, 1.165) is 6.07 Å². The second kappa shape index (κ2) is 7.30. The van der Waals surface area contributed by atoms with Crippen molar-refractivity contribution in [3.63, 3.8) is 0 Å². The van der Waals surface area contributed by atoms with Crippen LogP contribution in [-0.2, 0) is 4.79 Å². The van der Waals surface area contributed by atoms with Gasteiger partial charge in [0.1, 0.15) is 11.6 Å². The fourth-order valence-electron chi connectivity index (χ4n) is 1.74. The Kier molecular flexibility index (Phi) is 5.41. The second-order valence-corrected chi connectivity index (χ2v) is 5.34. The molecule has 0 fully saturated rings. The number of carbonyl (C=O) groups is 2. The standard InChI is InChI=1S/C15H11Cl2FN2O3/c16-8-2-4-11(18)12(5-8)20-14(21)7-23-13-6-9(17)1-3-10(13)15(19)22/h1-6H,7H2,(H2,19,22)(H,20,21). The van der Waals surface area contributed by atoms with Crippen molar-refractivity contribution in [3.8, 4) is 5.75 Å². The molecule has 0 aromatic heterocycles. The summed E-state index contributed by atoms with van der Waals surface area (Å²) in [6, 6.07) is 7.96. The lowest BCUT2D eigenvalue weighted by Gasteiger charge is -2.11. The van der Waals surface area contributed by atoms with E-state index in [2.05, 4.69) is 5.32 Å². The summed E-state index contributed by atoms with van der Waals surface area (Å²) in [5.41, 5.74) is 5.21. The Morgan fingerprint density at radius 2 is 1.78 bits per heavy atom. The fourth-order valence-corrected chi connectivity index (χ4v) is 2.08. The summed E-state index contributed by atoms with van der Waals surface area (Å²) >= 11 is 11.5. The summed E-state index contributed by atoms with van der Waals surface area (Å²) in [6.07, 6.45) is 0. The van der Waals surface area contributed by atoms with Crippen LogP contribution in [0.2, 0.25) is 10.0 Å². The van der Waals surface area contributed by atoms with Crippen molar-refractivity contribution in [2.24, 2.45) is 5.73 Å². The molecule has 0 bridgehead atoms. The predicted octanol–water partition coefficient (Wildman–Crippen LogP) is 3.25. The van der Waals surface area contributed by atoms with E-state index in [1.807, 2.05) is 0 Å². The molecular formula is C15H11Cl2FN2O3. The van der Waals surface area contributed by atoms with Gasteiger partial charge in [-0.15, -0.1) is 0 Å². The van der Waals surface area contributed by atoms with Gasteiger partial charge < -0.3 is 15.8 Å². The molecule has 5 nitrogen and oxygen atoms in total. The predicted molar refractivity (Wildman–Crippen MR) is 85.5 cm³/mol. The van der Waals surface area contributed by atoms with E-state index < -0.39 is 24.2 Å². The van der Waals surface area contributed by atoms with Gasteiger partial charge in [0, 0.05) is 10.0 Å². The van der Waals surface area contributed by atoms with Gasteiger partial charge >= 0.3 is 0 Å². The molecule has 2 aromatic rings. The molecule has 120 valence electrons. The molecule has 0 saturated heterocycles. The summed E-state index contributed by atoms with van der Waals surface area (Å²) in [6.45, 7) is -0.466. The Morgan fingerprint density at radius 3 is 2.48 bits per heavy atom. The van der Waals surface area contributed by atoms with Gasteiger partial charge in [0.2, 0.25) is 0 Å². The van der Waals surface area contributed by atoms with Crippen molar-refractivity contribution in [2.45, 2.75) is 0 Å². The van der Waals surface area contributed by atoms with E-state index in [9.17, 15) is 14.0 Å². The van der Waals surface area contributed by atoms with Crippen LogP contribution in [0.4, 0.5) is 10.1 Å². The summed E-state index contributed by atoms with van der Waals surface area (Å²) in [4.78, 5) is 23.1. The lowest BCUT2D eigenvalue weighted by atomic mass is 10.2. The molecule has 0 radical (unpaired) electrons. The minimum absolute atomic E-state index is 0.0618. The molecule has 0 unspecified atom stereocenters. The highest BCUT2D eigenvalue weighted by molar-refractivity contribution is 6.31. The monoisotopic (exact) mass is 356 g/mol. The van der Waals surface area contributed by atoms with Gasteiger partial charge in [0.15, 0.2) is 6.61 Å². The van der Waals surface area contributed by atoms with Crippen LogP contribution in [-0.4, -0.2) is 18.4 Å². The minimum Gasteiger partial charge on any atom is -0.483 e. The topological polar surface area (TPSA) is 81.4 Å². The lowest BCUT2D eigenvalue weighted by Crippen LogP contribution is -2.22. The Morgan fingerprint density at radius 1 is 1.13 bits per heavy atom. The van der Waals surface area contributed by atoms with Crippen molar-refractivity contribution in [2.75, 3.05) is 11.9 Å². The van der Waals surface area contributed by atoms with Gasteiger partial charge in [0.25, 0.3) is 11.8 Å². The molecule has 0 aliphatic carbocycles. The number of ether oxygens (including phenoxy) is 1. The average Bonchev–Trinajstić information content (AvgIpc) is 2.48. The van der Waals surface area contributed by atoms with Gasteiger partial charge in [-0.1, -0.05) is 23.2 Å². The van der Waals surface area contributed by atoms with Crippen molar-refractivity contribution in [3.05, 3.63) is 57.8 Å². The number of amides is 2. The van der Waals surface area contributed by atoms with E-state index in [-0.39, 0.29) is 22.0 Å². The summed E-state index contributed by atoms with van der Waals surface area (Å²) in [7, 11) is 0. The number of rotatable bonds is 5. The SMILES string of the molecule is NC(=O)c1ccc(Cl)cc1OCC(=O)Nc1cc(Cl)ccc1F. The van der Waals surface area contributed by atoms with Crippen LogP contribution in [0.1, 0.15) is 10.4 Å². The molecule has 2 aromatic carbocycles. The molecule has 0 atom stereocenters. The maximum Gasteiger partial charge on any atom is 0.262 e. The molecule has 2 rings (SSSR count). The normalized spacial score (nSPS) is 10.2. The zero-order valence-electron chi connectivity index (χ0n) is 11.6. The first-order chi connectivity index (χ1) is 10.9. The third-order valence-corrected chi connectivity index (χ3v) is 3.24. The number of nitrogens with one attached hydrogen (secondary N) is 1. The third-order valence-electron chi connectivity index (χ3n) is 2.77. The molecule has 2 amide bonds. The number of benzene rings is 2. The number of nitrogens with two attached hydrogens (primary N) is 1. The highest BCUT2D eigenvalue weighted by Crippen LogP contribution is 2.23. The molecule has 8 heteroatoms.